The van der Waals surface area contributed by atoms with Crippen LogP contribution in [-0.4, -0.2) is 25.1 Å². The minimum Gasteiger partial charge on any atom is -0.373 e. The first kappa shape index (κ1) is 13.3. The van der Waals surface area contributed by atoms with Crippen LogP contribution < -0.4 is 10.2 Å². The van der Waals surface area contributed by atoms with Crippen molar-refractivity contribution in [3.05, 3.63) is 24.0 Å². The molecule has 18 heavy (non-hydrogen) atoms. The largest absolute Gasteiger partial charge is 0.373 e. The van der Waals surface area contributed by atoms with Crippen LogP contribution in [0.25, 0.3) is 0 Å². The molecule has 1 atom stereocenters. The summed E-state index contributed by atoms with van der Waals surface area (Å²) in [5.74, 6) is 0.917. The van der Waals surface area contributed by atoms with Crippen LogP contribution in [0.2, 0.25) is 0 Å². The van der Waals surface area contributed by atoms with E-state index in [1.165, 1.54) is 25.1 Å². The molecule has 1 aromatic heterocycles. The first-order valence-corrected chi connectivity index (χ1v) is 7.11. The molecule has 0 radical (unpaired) electrons. The minimum atomic E-state index is 0.340. The van der Waals surface area contributed by atoms with Crippen molar-refractivity contribution in [1.29, 1.82) is 0 Å². The summed E-state index contributed by atoms with van der Waals surface area (Å²) in [6.07, 6.45) is 5.95. The van der Waals surface area contributed by atoms with E-state index < -0.39 is 0 Å². The average molecular weight is 247 g/mol. The van der Waals surface area contributed by atoms with Crippen LogP contribution in [0.5, 0.6) is 0 Å². The van der Waals surface area contributed by atoms with Gasteiger partial charge in [0.25, 0.3) is 0 Å². The van der Waals surface area contributed by atoms with E-state index in [0.29, 0.717) is 6.04 Å². The van der Waals surface area contributed by atoms with Crippen molar-refractivity contribution in [2.45, 2.75) is 39.2 Å². The molecule has 0 aromatic carbocycles. The number of anilines is 1. The normalized spacial score (nSPS) is 16.6. The molecule has 0 amide bonds. The molecule has 0 aliphatic heterocycles. The lowest BCUT2D eigenvalue weighted by Gasteiger charge is -2.19. The van der Waals surface area contributed by atoms with Gasteiger partial charge in [0, 0.05) is 19.6 Å². The van der Waals surface area contributed by atoms with Gasteiger partial charge in [-0.15, -0.1) is 0 Å². The highest BCUT2D eigenvalue weighted by Crippen LogP contribution is 2.30. The van der Waals surface area contributed by atoms with Gasteiger partial charge in [-0.3, -0.25) is 4.98 Å². The average Bonchev–Trinajstić information content (AvgIpc) is 3.20. The lowest BCUT2D eigenvalue weighted by molar-refractivity contribution is 0.558. The third-order valence-electron chi connectivity index (χ3n) is 3.58. The Morgan fingerprint density at radius 1 is 1.44 bits per heavy atom. The van der Waals surface area contributed by atoms with Gasteiger partial charge in [-0.2, -0.15) is 0 Å². The van der Waals surface area contributed by atoms with Crippen LogP contribution in [0.4, 0.5) is 5.69 Å². The summed E-state index contributed by atoms with van der Waals surface area (Å²) in [6.45, 7) is 6.57. The standard InChI is InChI=1S/C15H25N3/c1-4-9-16-12(2)15-8-7-14(10-17-15)18(3)11-13-5-6-13/h7-8,10,12-13,16H,4-6,9,11H2,1-3H3. The van der Waals surface area contributed by atoms with Gasteiger partial charge >= 0.3 is 0 Å². The molecule has 1 aromatic rings. The summed E-state index contributed by atoms with van der Waals surface area (Å²) in [5, 5.41) is 3.46. The highest BCUT2D eigenvalue weighted by molar-refractivity contribution is 5.44. The van der Waals surface area contributed by atoms with Gasteiger partial charge in [0.2, 0.25) is 0 Å². The molecule has 1 saturated carbocycles. The Bertz CT molecular complexity index is 357. The molecule has 0 saturated heterocycles. The smallest absolute Gasteiger partial charge is 0.0572 e. The molecule has 1 aliphatic rings. The van der Waals surface area contributed by atoms with Crippen molar-refractivity contribution in [1.82, 2.24) is 10.3 Å². The van der Waals surface area contributed by atoms with E-state index in [0.717, 1.165) is 24.6 Å². The van der Waals surface area contributed by atoms with E-state index in [1.54, 1.807) is 0 Å². The first-order chi connectivity index (χ1) is 8.70. The van der Waals surface area contributed by atoms with Gasteiger partial charge < -0.3 is 10.2 Å². The summed E-state index contributed by atoms with van der Waals surface area (Å²) < 4.78 is 0. The van der Waals surface area contributed by atoms with E-state index >= 15 is 0 Å². The molecule has 1 fully saturated rings. The van der Waals surface area contributed by atoms with Crippen molar-refractivity contribution < 1.29 is 0 Å². The van der Waals surface area contributed by atoms with Crippen LogP contribution in [0, 0.1) is 5.92 Å². The number of rotatable bonds is 7. The maximum atomic E-state index is 4.58. The highest BCUT2D eigenvalue weighted by atomic mass is 15.1. The molecule has 2 rings (SSSR count). The van der Waals surface area contributed by atoms with Gasteiger partial charge in [-0.1, -0.05) is 6.92 Å². The summed E-state index contributed by atoms with van der Waals surface area (Å²) in [6, 6.07) is 4.67. The van der Waals surface area contributed by atoms with E-state index in [-0.39, 0.29) is 0 Å². The Morgan fingerprint density at radius 3 is 2.78 bits per heavy atom. The van der Waals surface area contributed by atoms with Gasteiger partial charge in [0.15, 0.2) is 0 Å². The summed E-state index contributed by atoms with van der Waals surface area (Å²) in [4.78, 5) is 6.89. The van der Waals surface area contributed by atoms with Crippen molar-refractivity contribution >= 4 is 5.69 Å². The quantitative estimate of drug-likeness (QED) is 0.803. The third kappa shape index (κ3) is 3.70. The molecule has 1 N–H and O–H groups in total. The zero-order chi connectivity index (χ0) is 13.0. The number of nitrogens with one attached hydrogen (secondary N) is 1. The highest BCUT2D eigenvalue weighted by Gasteiger charge is 2.23. The Morgan fingerprint density at radius 2 is 2.22 bits per heavy atom. The van der Waals surface area contributed by atoms with Crippen LogP contribution in [0.15, 0.2) is 18.3 Å². The zero-order valence-electron chi connectivity index (χ0n) is 11.8. The monoisotopic (exact) mass is 247 g/mol. The zero-order valence-corrected chi connectivity index (χ0v) is 11.8. The van der Waals surface area contributed by atoms with Crippen LogP contribution in [0.1, 0.15) is 44.8 Å². The van der Waals surface area contributed by atoms with Crippen LogP contribution >= 0.6 is 0 Å². The number of nitrogens with zero attached hydrogens (tertiary/aromatic N) is 2. The molecule has 3 nitrogen and oxygen atoms in total. The second-order valence-corrected chi connectivity index (χ2v) is 5.44. The minimum absolute atomic E-state index is 0.340. The first-order valence-electron chi connectivity index (χ1n) is 7.11. The second kappa shape index (κ2) is 6.19. The molecular weight excluding hydrogens is 222 g/mol. The molecule has 1 aliphatic carbocycles. The molecule has 0 spiro atoms. The fourth-order valence-corrected chi connectivity index (χ4v) is 2.14. The predicted octanol–water partition coefficient (Wildman–Crippen LogP) is 2.99. The van der Waals surface area contributed by atoms with Gasteiger partial charge in [0.1, 0.15) is 0 Å². The number of pyridine rings is 1. The Labute approximate surface area is 111 Å². The predicted molar refractivity (Wildman–Crippen MR) is 76.9 cm³/mol. The maximum Gasteiger partial charge on any atom is 0.0572 e. The Hall–Kier alpha value is -1.09. The van der Waals surface area contributed by atoms with Crippen LogP contribution in [-0.2, 0) is 0 Å². The second-order valence-electron chi connectivity index (χ2n) is 5.44. The fourth-order valence-electron chi connectivity index (χ4n) is 2.14. The molecule has 1 unspecified atom stereocenters. The SMILES string of the molecule is CCCNC(C)c1ccc(N(C)CC2CC2)cn1. The van der Waals surface area contributed by atoms with Crippen molar-refractivity contribution in [2.75, 3.05) is 25.0 Å². The van der Waals surface area contributed by atoms with Gasteiger partial charge in [0.05, 0.1) is 17.6 Å². The topological polar surface area (TPSA) is 28.2 Å². The summed E-state index contributed by atoms with van der Waals surface area (Å²) in [5.41, 5.74) is 2.36. The molecule has 1 heterocycles. The maximum absolute atomic E-state index is 4.58. The van der Waals surface area contributed by atoms with E-state index in [4.69, 9.17) is 0 Å². The molecule has 3 heteroatoms. The van der Waals surface area contributed by atoms with Crippen molar-refractivity contribution in [2.24, 2.45) is 5.92 Å². The van der Waals surface area contributed by atoms with Crippen molar-refractivity contribution in [3.8, 4) is 0 Å². The third-order valence-corrected chi connectivity index (χ3v) is 3.58. The van der Waals surface area contributed by atoms with E-state index in [1.807, 2.05) is 6.20 Å². The van der Waals surface area contributed by atoms with E-state index in [9.17, 15) is 0 Å². The molecule has 100 valence electrons. The van der Waals surface area contributed by atoms with Crippen LogP contribution in [0.3, 0.4) is 0 Å². The lowest BCUT2D eigenvalue weighted by Crippen LogP contribution is -2.22. The number of hydrogen-bond donors (Lipinski definition) is 1. The molecule has 0 bridgehead atoms. The lowest BCUT2D eigenvalue weighted by atomic mass is 10.2. The van der Waals surface area contributed by atoms with E-state index in [2.05, 4.69) is 48.2 Å². The molecular formula is C15H25N3. The Balaban J connectivity index is 1.91. The summed E-state index contributed by atoms with van der Waals surface area (Å²) in [7, 11) is 2.16. The Kier molecular flexibility index (Phi) is 4.59. The van der Waals surface area contributed by atoms with Gasteiger partial charge in [-0.05, 0) is 50.8 Å². The number of aromatic nitrogens is 1. The van der Waals surface area contributed by atoms with Crippen molar-refractivity contribution in [3.63, 3.8) is 0 Å². The van der Waals surface area contributed by atoms with Gasteiger partial charge in [-0.25, -0.2) is 0 Å². The number of hydrogen-bond acceptors (Lipinski definition) is 3. The fraction of sp³-hybridized carbons (Fsp3) is 0.667. The summed E-state index contributed by atoms with van der Waals surface area (Å²) >= 11 is 0.